The number of carbonyl (C=O) groups is 2. The summed E-state index contributed by atoms with van der Waals surface area (Å²) in [5.41, 5.74) is -0.199. The number of rotatable bonds is 6. The Kier molecular flexibility index (Phi) is 5.08. The number of methoxy groups -OCH3 is 1. The van der Waals surface area contributed by atoms with Crippen LogP contribution in [-0.2, 0) is 10.0 Å². The Bertz CT molecular complexity index is 1420. The number of carbonyl (C=O) groups excluding carboxylic acids is 1. The number of aromatic nitrogens is 1. The maximum atomic E-state index is 13.5. The molecule has 7 nitrogen and oxygen atoms in total. The quantitative estimate of drug-likeness (QED) is 0.462. The largest absolute Gasteiger partial charge is 0.497 e. The van der Waals surface area contributed by atoms with E-state index in [2.05, 4.69) is 0 Å². The Morgan fingerprint density at radius 1 is 0.871 bits per heavy atom. The molecule has 31 heavy (non-hydrogen) atoms. The molecule has 3 aromatic carbocycles. The number of ether oxygens (including phenoxy) is 1. The Morgan fingerprint density at radius 3 is 2.16 bits per heavy atom. The summed E-state index contributed by atoms with van der Waals surface area (Å²) in [6.45, 7) is 0. The van der Waals surface area contributed by atoms with E-state index in [0.29, 0.717) is 11.1 Å². The molecule has 8 heteroatoms. The van der Waals surface area contributed by atoms with Gasteiger partial charge in [0.2, 0.25) is 5.78 Å². The minimum atomic E-state index is -4.15. The second-order valence-electron chi connectivity index (χ2n) is 6.72. The van der Waals surface area contributed by atoms with Gasteiger partial charge in [-0.05, 0) is 42.5 Å². The van der Waals surface area contributed by atoms with Crippen LogP contribution in [0.1, 0.15) is 26.4 Å². The predicted octanol–water partition coefficient (Wildman–Crippen LogP) is 3.82. The number of hydrogen-bond acceptors (Lipinski definition) is 5. The summed E-state index contributed by atoms with van der Waals surface area (Å²) in [4.78, 5) is 25.0. The number of carboxylic acids is 1. The van der Waals surface area contributed by atoms with E-state index in [1.54, 1.807) is 36.4 Å². The van der Waals surface area contributed by atoms with Crippen LogP contribution in [0.3, 0.4) is 0 Å². The first-order chi connectivity index (χ1) is 14.8. The first-order valence-electron chi connectivity index (χ1n) is 9.21. The summed E-state index contributed by atoms with van der Waals surface area (Å²) in [7, 11) is -2.67. The molecule has 1 aromatic heterocycles. The third-order valence-electron chi connectivity index (χ3n) is 4.88. The average Bonchev–Trinajstić information content (AvgIpc) is 3.18. The van der Waals surface area contributed by atoms with Gasteiger partial charge in [-0.1, -0.05) is 36.4 Å². The number of fused-ring (bicyclic) bond motifs is 1. The third kappa shape index (κ3) is 3.47. The van der Waals surface area contributed by atoms with Gasteiger partial charge in [-0.25, -0.2) is 17.2 Å². The standard InChI is InChI=1S/C23H17NO6S/c1-30-16-11-12-20-15(13-16)14-21(22(25)18-9-5-6-10-19(18)23(26)27)24(20)31(28,29)17-7-3-2-4-8-17/h2-14H,1H3,(H,26,27). The molecule has 0 fully saturated rings. The van der Waals surface area contributed by atoms with E-state index in [0.717, 1.165) is 3.97 Å². The van der Waals surface area contributed by atoms with Crippen molar-refractivity contribution in [3.63, 3.8) is 0 Å². The first-order valence-corrected chi connectivity index (χ1v) is 10.7. The van der Waals surface area contributed by atoms with Gasteiger partial charge in [0.05, 0.1) is 23.1 Å². The van der Waals surface area contributed by atoms with E-state index in [9.17, 15) is 23.1 Å². The second kappa shape index (κ2) is 7.73. The summed E-state index contributed by atoms with van der Waals surface area (Å²) in [6.07, 6.45) is 0. The van der Waals surface area contributed by atoms with Gasteiger partial charge >= 0.3 is 5.97 Å². The highest BCUT2D eigenvalue weighted by Gasteiger charge is 2.28. The van der Waals surface area contributed by atoms with Crippen molar-refractivity contribution < 1.29 is 27.9 Å². The smallest absolute Gasteiger partial charge is 0.336 e. The van der Waals surface area contributed by atoms with Crippen LogP contribution >= 0.6 is 0 Å². The zero-order chi connectivity index (χ0) is 22.2. The highest BCUT2D eigenvalue weighted by atomic mass is 32.2. The molecular formula is C23H17NO6S. The topological polar surface area (TPSA) is 103 Å². The van der Waals surface area contributed by atoms with E-state index in [4.69, 9.17) is 4.74 Å². The summed E-state index contributed by atoms with van der Waals surface area (Å²) < 4.78 is 33.2. The van der Waals surface area contributed by atoms with Crippen LogP contribution in [0.5, 0.6) is 5.75 Å². The molecule has 0 spiro atoms. The van der Waals surface area contributed by atoms with Crippen LogP contribution in [0.25, 0.3) is 10.9 Å². The molecule has 4 aromatic rings. The van der Waals surface area contributed by atoms with E-state index < -0.39 is 21.8 Å². The van der Waals surface area contributed by atoms with Gasteiger partial charge in [-0.2, -0.15) is 0 Å². The molecule has 0 radical (unpaired) electrons. The SMILES string of the molecule is COc1ccc2c(c1)cc(C(=O)c1ccccc1C(=O)O)n2S(=O)(=O)c1ccccc1. The monoisotopic (exact) mass is 435 g/mol. The summed E-state index contributed by atoms with van der Waals surface area (Å²) in [6, 6.07) is 19.6. The number of benzene rings is 3. The summed E-state index contributed by atoms with van der Waals surface area (Å²) in [5, 5.41) is 9.95. The molecular weight excluding hydrogens is 418 g/mol. The first kappa shape index (κ1) is 20.4. The highest BCUT2D eigenvalue weighted by Crippen LogP contribution is 2.30. The zero-order valence-electron chi connectivity index (χ0n) is 16.3. The van der Waals surface area contributed by atoms with Crippen molar-refractivity contribution in [3.05, 3.63) is 95.7 Å². The number of hydrogen-bond donors (Lipinski definition) is 1. The van der Waals surface area contributed by atoms with Crippen molar-refractivity contribution in [1.29, 1.82) is 0 Å². The molecule has 0 unspecified atom stereocenters. The second-order valence-corrected chi connectivity index (χ2v) is 8.50. The minimum Gasteiger partial charge on any atom is -0.497 e. The number of nitrogens with zero attached hydrogens (tertiary/aromatic N) is 1. The van der Waals surface area contributed by atoms with Gasteiger partial charge < -0.3 is 9.84 Å². The van der Waals surface area contributed by atoms with Gasteiger partial charge in [-0.3, -0.25) is 4.79 Å². The van der Waals surface area contributed by atoms with Crippen LogP contribution in [0.15, 0.2) is 83.8 Å². The van der Waals surface area contributed by atoms with E-state index in [1.165, 1.54) is 49.6 Å². The Morgan fingerprint density at radius 2 is 1.52 bits per heavy atom. The fourth-order valence-corrected chi connectivity index (χ4v) is 4.95. The van der Waals surface area contributed by atoms with Crippen LogP contribution < -0.4 is 4.74 Å². The van der Waals surface area contributed by atoms with E-state index in [1.807, 2.05) is 0 Å². The Hall–Kier alpha value is -3.91. The Labute approximate surface area is 178 Å². The Balaban J connectivity index is 2.03. The molecule has 0 saturated heterocycles. The maximum Gasteiger partial charge on any atom is 0.336 e. The number of carboxylic acid groups (broad SMARTS) is 1. The van der Waals surface area contributed by atoms with E-state index in [-0.39, 0.29) is 27.2 Å². The van der Waals surface area contributed by atoms with Gasteiger partial charge in [0.15, 0.2) is 0 Å². The van der Waals surface area contributed by atoms with Crippen molar-refractivity contribution in [3.8, 4) is 5.75 Å². The lowest BCUT2D eigenvalue weighted by atomic mass is 10.0. The number of ketones is 1. The molecule has 156 valence electrons. The third-order valence-corrected chi connectivity index (χ3v) is 6.62. The molecule has 0 bridgehead atoms. The number of aromatic carboxylic acids is 1. The summed E-state index contributed by atoms with van der Waals surface area (Å²) in [5.74, 6) is -1.50. The van der Waals surface area contributed by atoms with Crippen LogP contribution in [0, 0.1) is 0 Å². The fourth-order valence-electron chi connectivity index (χ4n) is 3.42. The van der Waals surface area contributed by atoms with Crippen LogP contribution in [0.4, 0.5) is 0 Å². The molecule has 0 amide bonds. The highest BCUT2D eigenvalue weighted by molar-refractivity contribution is 7.90. The molecule has 4 rings (SSSR count). The minimum absolute atomic E-state index is 0.00360. The molecule has 0 atom stereocenters. The summed E-state index contributed by atoms with van der Waals surface area (Å²) >= 11 is 0. The molecule has 0 saturated carbocycles. The van der Waals surface area contributed by atoms with Gasteiger partial charge in [-0.15, -0.1) is 0 Å². The van der Waals surface area contributed by atoms with E-state index >= 15 is 0 Å². The van der Waals surface area contributed by atoms with Crippen molar-refractivity contribution in [2.75, 3.05) is 7.11 Å². The predicted molar refractivity (Wildman–Crippen MR) is 114 cm³/mol. The maximum absolute atomic E-state index is 13.5. The van der Waals surface area contributed by atoms with Crippen molar-refractivity contribution in [2.45, 2.75) is 4.90 Å². The molecule has 0 aliphatic rings. The molecule has 0 aliphatic heterocycles. The molecule has 1 heterocycles. The van der Waals surface area contributed by atoms with Crippen molar-refractivity contribution in [2.24, 2.45) is 0 Å². The lowest BCUT2D eigenvalue weighted by Gasteiger charge is -2.12. The van der Waals surface area contributed by atoms with Crippen molar-refractivity contribution in [1.82, 2.24) is 3.97 Å². The lowest BCUT2D eigenvalue weighted by Crippen LogP contribution is -2.20. The zero-order valence-corrected chi connectivity index (χ0v) is 17.2. The molecule has 1 N–H and O–H groups in total. The molecule has 0 aliphatic carbocycles. The van der Waals surface area contributed by atoms with Crippen LogP contribution in [-0.4, -0.2) is 36.4 Å². The lowest BCUT2D eigenvalue weighted by molar-refractivity contribution is 0.0692. The average molecular weight is 435 g/mol. The van der Waals surface area contributed by atoms with Gasteiger partial charge in [0.1, 0.15) is 11.4 Å². The fraction of sp³-hybridized carbons (Fsp3) is 0.0435. The normalized spacial score (nSPS) is 11.4. The van der Waals surface area contributed by atoms with Gasteiger partial charge in [0, 0.05) is 10.9 Å². The van der Waals surface area contributed by atoms with Crippen molar-refractivity contribution >= 4 is 32.7 Å². The van der Waals surface area contributed by atoms with Gasteiger partial charge in [0.25, 0.3) is 10.0 Å². The van der Waals surface area contributed by atoms with Crippen LogP contribution in [0.2, 0.25) is 0 Å².